The lowest BCUT2D eigenvalue weighted by atomic mass is 10.3. The van der Waals surface area contributed by atoms with Gasteiger partial charge in [-0.05, 0) is 0 Å². The molecule has 0 saturated carbocycles. The molecule has 1 atom stereocenters. The summed E-state index contributed by atoms with van der Waals surface area (Å²) in [4.78, 5) is 21.5. The largest absolute Gasteiger partial charge is 0.469 e. The SMILES string of the molecule is COC(=O)CC(CBr)OC(=O)CCl. The maximum atomic E-state index is 10.8. The topological polar surface area (TPSA) is 52.6 Å². The number of carbonyl (C=O) groups is 2. The summed E-state index contributed by atoms with van der Waals surface area (Å²) in [6, 6.07) is 0. The van der Waals surface area contributed by atoms with E-state index < -0.39 is 18.0 Å². The van der Waals surface area contributed by atoms with Crippen LogP contribution in [0, 0.1) is 0 Å². The van der Waals surface area contributed by atoms with Gasteiger partial charge in [-0.1, -0.05) is 15.9 Å². The first-order valence-corrected chi connectivity index (χ1v) is 5.17. The van der Waals surface area contributed by atoms with Crippen LogP contribution in [-0.4, -0.2) is 36.4 Å². The minimum Gasteiger partial charge on any atom is -0.469 e. The van der Waals surface area contributed by atoms with Crippen LogP contribution in [-0.2, 0) is 19.1 Å². The molecule has 0 bridgehead atoms. The van der Waals surface area contributed by atoms with Crippen molar-refractivity contribution in [3.63, 3.8) is 0 Å². The van der Waals surface area contributed by atoms with Crippen molar-refractivity contribution in [1.29, 1.82) is 0 Å². The molecule has 0 fully saturated rings. The lowest BCUT2D eigenvalue weighted by Crippen LogP contribution is -2.24. The Balaban J connectivity index is 3.89. The Morgan fingerprint density at radius 2 is 2.08 bits per heavy atom. The molecule has 0 aromatic carbocycles. The molecule has 0 aliphatic rings. The summed E-state index contributed by atoms with van der Waals surface area (Å²) in [5.41, 5.74) is 0. The van der Waals surface area contributed by atoms with Crippen LogP contribution in [0.2, 0.25) is 0 Å². The number of ether oxygens (including phenoxy) is 2. The number of halogens is 2. The zero-order chi connectivity index (χ0) is 10.3. The second-order valence-corrected chi connectivity index (χ2v) is 3.09. The Labute approximate surface area is 89.6 Å². The van der Waals surface area contributed by atoms with Gasteiger partial charge < -0.3 is 9.47 Å². The normalized spacial score (nSPS) is 11.9. The third-order valence-corrected chi connectivity index (χ3v) is 2.14. The third kappa shape index (κ3) is 5.87. The Bertz CT molecular complexity index is 167. The maximum Gasteiger partial charge on any atom is 0.321 e. The van der Waals surface area contributed by atoms with E-state index in [-0.39, 0.29) is 12.3 Å². The van der Waals surface area contributed by atoms with Gasteiger partial charge in [-0.3, -0.25) is 9.59 Å². The molecule has 0 heterocycles. The number of hydrogen-bond acceptors (Lipinski definition) is 4. The van der Waals surface area contributed by atoms with Gasteiger partial charge in [-0.25, -0.2) is 0 Å². The van der Waals surface area contributed by atoms with Crippen LogP contribution in [0.5, 0.6) is 0 Å². The molecule has 0 amide bonds. The molecule has 0 spiro atoms. The first-order chi connectivity index (χ1) is 6.13. The summed E-state index contributed by atoms with van der Waals surface area (Å²) < 4.78 is 9.22. The van der Waals surface area contributed by atoms with Crippen LogP contribution in [0.4, 0.5) is 0 Å². The smallest absolute Gasteiger partial charge is 0.321 e. The van der Waals surface area contributed by atoms with Crippen LogP contribution < -0.4 is 0 Å². The fourth-order valence-corrected chi connectivity index (χ4v) is 1.04. The van der Waals surface area contributed by atoms with Crippen LogP contribution in [0.15, 0.2) is 0 Å². The number of hydrogen-bond donors (Lipinski definition) is 0. The van der Waals surface area contributed by atoms with E-state index in [1.807, 2.05) is 0 Å². The molecule has 0 radical (unpaired) electrons. The Hall–Kier alpha value is -0.290. The van der Waals surface area contributed by atoms with Gasteiger partial charge in [0.2, 0.25) is 0 Å². The zero-order valence-corrected chi connectivity index (χ0v) is 9.43. The van der Waals surface area contributed by atoms with Crippen molar-refractivity contribution in [1.82, 2.24) is 0 Å². The summed E-state index contributed by atoms with van der Waals surface area (Å²) in [5, 5.41) is 0.380. The van der Waals surface area contributed by atoms with Crippen LogP contribution in [0.25, 0.3) is 0 Å². The van der Waals surface area contributed by atoms with Crippen molar-refractivity contribution in [2.45, 2.75) is 12.5 Å². The number of alkyl halides is 2. The quantitative estimate of drug-likeness (QED) is 0.556. The lowest BCUT2D eigenvalue weighted by molar-refractivity contribution is -0.150. The van der Waals surface area contributed by atoms with E-state index in [0.29, 0.717) is 5.33 Å². The molecule has 0 N–H and O–H groups in total. The summed E-state index contributed by atoms with van der Waals surface area (Å²) >= 11 is 8.32. The number of esters is 2. The van der Waals surface area contributed by atoms with Crippen LogP contribution in [0.1, 0.15) is 6.42 Å². The predicted molar refractivity (Wildman–Crippen MR) is 51.0 cm³/mol. The second kappa shape index (κ2) is 7.15. The highest BCUT2D eigenvalue weighted by Crippen LogP contribution is 2.05. The van der Waals surface area contributed by atoms with Gasteiger partial charge in [-0.15, -0.1) is 11.6 Å². The fourth-order valence-electron chi connectivity index (χ4n) is 0.614. The van der Waals surface area contributed by atoms with Crippen LogP contribution >= 0.6 is 27.5 Å². The third-order valence-electron chi connectivity index (χ3n) is 1.20. The molecule has 13 heavy (non-hydrogen) atoms. The van der Waals surface area contributed by atoms with E-state index in [2.05, 4.69) is 20.7 Å². The van der Waals surface area contributed by atoms with Gasteiger partial charge in [0.1, 0.15) is 12.0 Å². The molecule has 1 unspecified atom stereocenters. The molecular formula is C7H10BrClO4. The number of rotatable bonds is 5. The molecule has 0 rings (SSSR count). The Morgan fingerprint density at radius 1 is 1.46 bits per heavy atom. The standard InChI is InChI=1S/C7H10BrClO4/c1-12-6(10)2-5(3-8)13-7(11)4-9/h5H,2-4H2,1H3. The number of carbonyl (C=O) groups excluding carboxylic acids is 2. The monoisotopic (exact) mass is 272 g/mol. The maximum absolute atomic E-state index is 10.8. The van der Waals surface area contributed by atoms with Crippen molar-refractivity contribution >= 4 is 39.5 Å². The molecule has 6 heteroatoms. The summed E-state index contributed by atoms with van der Waals surface area (Å²) in [6.45, 7) is 0. The van der Waals surface area contributed by atoms with Crippen molar-refractivity contribution < 1.29 is 19.1 Å². The highest BCUT2D eigenvalue weighted by Gasteiger charge is 2.16. The summed E-state index contributed by atoms with van der Waals surface area (Å²) in [7, 11) is 1.27. The van der Waals surface area contributed by atoms with Gasteiger partial charge in [0, 0.05) is 5.33 Å². The van der Waals surface area contributed by atoms with Crippen molar-refractivity contribution in [2.75, 3.05) is 18.3 Å². The van der Waals surface area contributed by atoms with Crippen molar-refractivity contribution in [2.24, 2.45) is 0 Å². The lowest BCUT2D eigenvalue weighted by Gasteiger charge is -2.12. The second-order valence-electron chi connectivity index (χ2n) is 2.18. The molecule has 76 valence electrons. The van der Waals surface area contributed by atoms with Crippen molar-refractivity contribution in [3.8, 4) is 0 Å². The zero-order valence-electron chi connectivity index (χ0n) is 7.09. The van der Waals surface area contributed by atoms with E-state index in [4.69, 9.17) is 16.3 Å². The average Bonchev–Trinajstić information content (AvgIpc) is 2.16. The summed E-state index contributed by atoms with van der Waals surface area (Å²) in [6.07, 6.45) is -0.483. The van der Waals surface area contributed by atoms with Gasteiger partial charge in [0.05, 0.1) is 13.5 Å². The van der Waals surface area contributed by atoms with Gasteiger partial charge in [0.25, 0.3) is 0 Å². The van der Waals surface area contributed by atoms with Gasteiger partial charge >= 0.3 is 11.9 Å². The molecule has 0 aliphatic heterocycles. The first kappa shape index (κ1) is 12.7. The Kier molecular flexibility index (Phi) is 6.99. The van der Waals surface area contributed by atoms with E-state index >= 15 is 0 Å². The van der Waals surface area contributed by atoms with Crippen LogP contribution in [0.3, 0.4) is 0 Å². The molecule has 0 saturated heterocycles. The minimum absolute atomic E-state index is 0.0321. The molecule has 0 aliphatic carbocycles. The minimum atomic E-state index is -0.546. The Morgan fingerprint density at radius 3 is 2.46 bits per heavy atom. The highest BCUT2D eigenvalue weighted by atomic mass is 79.9. The van der Waals surface area contributed by atoms with E-state index in [0.717, 1.165) is 0 Å². The average molecular weight is 274 g/mol. The van der Waals surface area contributed by atoms with Gasteiger partial charge in [0.15, 0.2) is 0 Å². The molecular weight excluding hydrogens is 263 g/mol. The number of methoxy groups -OCH3 is 1. The highest BCUT2D eigenvalue weighted by molar-refractivity contribution is 9.09. The predicted octanol–water partition coefficient (Wildman–Crippen LogP) is 1.09. The van der Waals surface area contributed by atoms with E-state index in [1.165, 1.54) is 7.11 Å². The molecule has 4 nitrogen and oxygen atoms in total. The van der Waals surface area contributed by atoms with E-state index in [1.54, 1.807) is 0 Å². The van der Waals surface area contributed by atoms with Gasteiger partial charge in [-0.2, -0.15) is 0 Å². The summed E-state index contributed by atoms with van der Waals surface area (Å²) in [5.74, 6) is -1.19. The first-order valence-electron chi connectivity index (χ1n) is 3.52. The van der Waals surface area contributed by atoms with Crippen molar-refractivity contribution in [3.05, 3.63) is 0 Å². The fraction of sp³-hybridized carbons (Fsp3) is 0.714. The van der Waals surface area contributed by atoms with E-state index in [9.17, 15) is 9.59 Å². The molecule has 0 aromatic rings. The molecule has 0 aromatic heterocycles.